The highest BCUT2D eigenvalue weighted by Crippen LogP contribution is 2.30. The summed E-state index contributed by atoms with van der Waals surface area (Å²) in [6.45, 7) is -0.201. The van der Waals surface area contributed by atoms with Gasteiger partial charge in [0.05, 0.1) is 23.9 Å². The summed E-state index contributed by atoms with van der Waals surface area (Å²) in [6.07, 6.45) is 1.43. The third-order valence-electron chi connectivity index (χ3n) is 5.28. The normalized spacial score (nSPS) is 10.7. The number of carbonyl (C=O) groups is 2. The Hall–Kier alpha value is -4.33. The minimum atomic E-state index is -0.659. The van der Waals surface area contributed by atoms with E-state index < -0.39 is 11.9 Å². The van der Waals surface area contributed by atoms with Gasteiger partial charge in [-0.2, -0.15) is 5.10 Å². The molecule has 0 saturated carbocycles. The predicted octanol–water partition coefficient (Wildman–Crippen LogP) is 6.42. The van der Waals surface area contributed by atoms with Gasteiger partial charge in [-0.05, 0) is 65.2 Å². The average Bonchev–Trinajstić information content (AvgIpc) is 2.93. The number of ether oxygens (including phenoxy) is 3. The minimum Gasteiger partial charge on any atom is -0.493 e. The molecule has 0 radical (unpaired) electrons. The van der Waals surface area contributed by atoms with Crippen molar-refractivity contribution in [3.05, 3.63) is 112 Å². The van der Waals surface area contributed by atoms with Gasteiger partial charge >= 0.3 is 5.97 Å². The van der Waals surface area contributed by atoms with Crippen LogP contribution < -0.4 is 19.6 Å². The Balaban J connectivity index is 1.29. The maximum Gasteiger partial charge on any atom is 0.345 e. The van der Waals surface area contributed by atoms with Gasteiger partial charge in [0.1, 0.15) is 5.75 Å². The molecule has 0 fully saturated rings. The Kier molecular flexibility index (Phi) is 8.98. The number of methoxy groups -OCH3 is 1. The van der Waals surface area contributed by atoms with Gasteiger partial charge in [-0.25, -0.2) is 10.2 Å². The fourth-order valence-corrected chi connectivity index (χ4v) is 3.88. The van der Waals surface area contributed by atoms with Crippen LogP contribution in [0.5, 0.6) is 17.2 Å². The van der Waals surface area contributed by atoms with Gasteiger partial charge < -0.3 is 14.2 Å². The van der Waals surface area contributed by atoms with E-state index in [2.05, 4.69) is 10.5 Å². The summed E-state index contributed by atoms with van der Waals surface area (Å²) in [5, 5.41) is 4.52. The molecule has 0 unspecified atom stereocenters. The van der Waals surface area contributed by atoms with Crippen molar-refractivity contribution in [1.29, 1.82) is 0 Å². The van der Waals surface area contributed by atoms with Crippen LogP contribution in [-0.4, -0.2) is 31.8 Å². The highest BCUT2D eigenvalue weighted by molar-refractivity contribution is 6.36. The van der Waals surface area contributed by atoms with Crippen LogP contribution in [0.4, 0.5) is 0 Å². The summed E-state index contributed by atoms with van der Waals surface area (Å²) < 4.78 is 16.3. The largest absolute Gasteiger partial charge is 0.493 e. The minimum absolute atomic E-state index is 0.167. The molecule has 0 bridgehead atoms. The van der Waals surface area contributed by atoms with E-state index in [1.54, 1.807) is 36.4 Å². The van der Waals surface area contributed by atoms with Gasteiger partial charge in [-0.1, -0.05) is 65.7 Å². The first-order valence-corrected chi connectivity index (χ1v) is 12.1. The van der Waals surface area contributed by atoms with Crippen LogP contribution in [0.3, 0.4) is 0 Å². The number of esters is 1. The van der Waals surface area contributed by atoms with Gasteiger partial charge in [0, 0.05) is 5.02 Å². The van der Waals surface area contributed by atoms with Crippen LogP contribution in [0.1, 0.15) is 15.9 Å². The van der Waals surface area contributed by atoms with E-state index in [-0.39, 0.29) is 22.9 Å². The number of hydrogen-bond acceptors (Lipinski definition) is 6. The number of hydrogen-bond donors (Lipinski definition) is 1. The molecule has 0 aliphatic carbocycles. The molecule has 4 rings (SSSR count). The van der Waals surface area contributed by atoms with Gasteiger partial charge in [0.2, 0.25) is 0 Å². The third kappa shape index (κ3) is 7.12. The summed E-state index contributed by atoms with van der Waals surface area (Å²) in [7, 11) is 1.44. The molecule has 4 aromatic rings. The van der Waals surface area contributed by atoms with Crippen LogP contribution in [0.15, 0.2) is 96.1 Å². The number of halogens is 2. The molecule has 0 aliphatic rings. The van der Waals surface area contributed by atoms with E-state index in [0.29, 0.717) is 22.1 Å². The first-order valence-electron chi connectivity index (χ1n) is 11.4. The highest BCUT2D eigenvalue weighted by atomic mass is 35.5. The lowest BCUT2D eigenvalue weighted by Crippen LogP contribution is -2.24. The summed E-state index contributed by atoms with van der Waals surface area (Å²) in [5.74, 6) is -0.0324. The molecule has 7 nitrogen and oxygen atoms in total. The SMILES string of the molecule is COc1cc(C=NNC(=O)COc2ccc(-c3ccccc3)cc2)ccc1OC(=O)c1ccc(Cl)cc1Cl. The second-order valence-corrected chi connectivity index (χ2v) is 8.74. The van der Waals surface area contributed by atoms with Crippen molar-refractivity contribution >= 4 is 41.3 Å². The Labute approximate surface area is 229 Å². The number of rotatable bonds is 9. The van der Waals surface area contributed by atoms with Crippen molar-refractivity contribution in [2.45, 2.75) is 0 Å². The molecule has 1 amide bonds. The van der Waals surface area contributed by atoms with Crippen LogP contribution in [0, 0.1) is 0 Å². The fraction of sp³-hybridized carbons (Fsp3) is 0.0690. The quantitative estimate of drug-likeness (QED) is 0.113. The van der Waals surface area contributed by atoms with E-state index in [9.17, 15) is 9.59 Å². The monoisotopic (exact) mass is 548 g/mol. The van der Waals surface area contributed by atoms with Crippen molar-refractivity contribution < 1.29 is 23.8 Å². The number of nitrogens with one attached hydrogen (secondary N) is 1. The maximum absolute atomic E-state index is 12.5. The molecule has 0 atom stereocenters. The molecular weight excluding hydrogens is 527 g/mol. The van der Waals surface area contributed by atoms with Crippen LogP contribution in [0.2, 0.25) is 10.0 Å². The molecule has 192 valence electrons. The Morgan fingerprint density at radius 2 is 1.61 bits per heavy atom. The molecule has 0 aliphatic heterocycles. The molecule has 1 N–H and O–H groups in total. The zero-order chi connectivity index (χ0) is 26.9. The van der Waals surface area contributed by atoms with Crippen LogP contribution >= 0.6 is 23.2 Å². The number of benzene rings is 4. The van der Waals surface area contributed by atoms with E-state index >= 15 is 0 Å². The molecule has 0 saturated heterocycles. The summed E-state index contributed by atoms with van der Waals surface area (Å²) in [5.41, 5.74) is 5.33. The lowest BCUT2D eigenvalue weighted by molar-refractivity contribution is -0.123. The lowest BCUT2D eigenvalue weighted by atomic mass is 10.1. The predicted molar refractivity (Wildman–Crippen MR) is 148 cm³/mol. The second kappa shape index (κ2) is 12.8. The van der Waals surface area contributed by atoms with Crippen molar-refractivity contribution in [2.75, 3.05) is 13.7 Å². The lowest BCUT2D eigenvalue weighted by Gasteiger charge is -2.10. The summed E-state index contributed by atoms with van der Waals surface area (Å²) in [6, 6.07) is 26.7. The van der Waals surface area contributed by atoms with Gasteiger partial charge in [-0.3, -0.25) is 4.79 Å². The average molecular weight is 549 g/mol. The van der Waals surface area contributed by atoms with Crippen LogP contribution in [0.25, 0.3) is 11.1 Å². The van der Waals surface area contributed by atoms with Crippen molar-refractivity contribution in [3.63, 3.8) is 0 Å². The van der Waals surface area contributed by atoms with E-state index in [1.807, 2.05) is 42.5 Å². The number of amides is 1. The zero-order valence-electron chi connectivity index (χ0n) is 20.2. The number of carbonyl (C=O) groups excluding carboxylic acids is 2. The molecule has 0 aromatic heterocycles. The summed E-state index contributed by atoms with van der Waals surface area (Å²) >= 11 is 12.0. The van der Waals surface area contributed by atoms with E-state index in [0.717, 1.165) is 11.1 Å². The van der Waals surface area contributed by atoms with Crippen LogP contribution in [-0.2, 0) is 4.79 Å². The third-order valence-corrected chi connectivity index (χ3v) is 5.82. The molecule has 0 heterocycles. The van der Waals surface area contributed by atoms with Gasteiger partial charge in [0.25, 0.3) is 5.91 Å². The fourth-order valence-electron chi connectivity index (χ4n) is 3.39. The Morgan fingerprint density at radius 3 is 2.32 bits per heavy atom. The molecule has 4 aromatic carbocycles. The molecule has 38 heavy (non-hydrogen) atoms. The smallest absolute Gasteiger partial charge is 0.345 e. The number of nitrogens with zero attached hydrogens (tertiary/aromatic N) is 1. The molecule has 0 spiro atoms. The standard InChI is InChI=1S/C29H22Cl2N2O5/c1-36-27-15-19(7-14-26(27)38-29(35)24-13-10-22(30)16-25(24)31)17-32-33-28(34)18-37-23-11-8-21(9-12-23)20-5-3-2-4-6-20/h2-17H,18H2,1H3,(H,33,34). The van der Waals surface area contributed by atoms with E-state index in [4.69, 9.17) is 37.4 Å². The van der Waals surface area contributed by atoms with Crippen molar-refractivity contribution in [1.82, 2.24) is 5.43 Å². The second-order valence-electron chi connectivity index (χ2n) is 7.90. The highest BCUT2D eigenvalue weighted by Gasteiger charge is 2.16. The topological polar surface area (TPSA) is 86.2 Å². The first kappa shape index (κ1) is 26.7. The molecular formula is C29H22Cl2N2O5. The Bertz CT molecular complexity index is 1460. The van der Waals surface area contributed by atoms with E-state index in [1.165, 1.54) is 25.5 Å². The molecule has 9 heteroatoms. The van der Waals surface area contributed by atoms with Gasteiger partial charge in [-0.15, -0.1) is 0 Å². The number of hydrazone groups is 1. The van der Waals surface area contributed by atoms with Gasteiger partial charge in [0.15, 0.2) is 18.1 Å². The first-order chi connectivity index (χ1) is 18.4. The maximum atomic E-state index is 12.5. The zero-order valence-corrected chi connectivity index (χ0v) is 21.7. The summed E-state index contributed by atoms with van der Waals surface area (Å²) in [4.78, 5) is 24.6. The Morgan fingerprint density at radius 1 is 0.868 bits per heavy atom. The van der Waals surface area contributed by atoms with Crippen molar-refractivity contribution in [3.8, 4) is 28.4 Å². The van der Waals surface area contributed by atoms with Crippen molar-refractivity contribution in [2.24, 2.45) is 5.10 Å².